The van der Waals surface area contributed by atoms with Crippen molar-refractivity contribution in [3.8, 4) is 0 Å². The van der Waals surface area contributed by atoms with E-state index in [0.717, 1.165) is 53.6 Å². The van der Waals surface area contributed by atoms with Crippen molar-refractivity contribution in [1.82, 2.24) is 25.2 Å². The first-order chi connectivity index (χ1) is 14.8. The maximum Gasteiger partial charge on any atom is 0.169 e. The highest BCUT2D eigenvalue weighted by Gasteiger charge is 2.21. The van der Waals surface area contributed by atoms with Crippen molar-refractivity contribution in [2.75, 3.05) is 31.1 Å². The summed E-state index contributed by atoms with van der Waals surface area (Å²) in [6, 6.07) is 16.7. The Labute approximate surface area is 180 Å². The van der Waals surface area contributed by atoms with E-state index in [-0.39, 0.29) is 0 Å². The van der Waals surface area contributed by atoms with Gasteiger partial charge >= 0.3 is 0 Å². The smallest absolute Gasteiger partial charge is 0.169 e. The summed E-state index contributed by atoms with van der Waals surface area (Å²) < 4.78 is 0. The molecule has 0 saturated carbocycles. The van der Waals surface area contributed by atoms with Gasteiger partial charge in [-0.2, -0.15) is 0 Å². The molecule has 0 spiro atoms. The maximum absolute atomic E-state index is 5.61. The zero-order valence-corrected chi connectivity index (χ0v) is 17.3. The van der Waals surface area contributed by atoms with Crippen LogP contribution in [0.4, 0.5) is 5.82 Å². The Morgan fingerprint density at radius 2 is 1.77 bits per heavy atom. The van der Waals surface area contributed by atoms with Crippen LogP contribution in [0.5, 0.6) is 0 Å². The third-order valence-electron chi connectivity index (χ3n) is 5.51. The number of piperazine rings is 1. The highest BCUT2D eigenvalue weighted by atomic mass is 32.1. The highest BCUT2D eigenvalue weighted by Crippen LogP contribution is 2.28. The lowest BCUT2D eigenvalue weighted by molar-refractivity contribution is 0.379. The van der Waals surface area contributed by atoms with Crippen LogP contribution in [0.1, 0.15) is 5.56 Å². The standard InChI is InChI=1S/C23H22N6S/c30-23(25-15-17-4-3-7-24-14-17)29-10-8-28(9-11-29)22-20-12-18-5-1-2-6-19(18)13-21(20)26-16-27-22/h1-7,12-14,16H,8-11,15H2,(H,25,30). The number of rotatable bonds is 3. The van der Waals surface area contributed by atoms with E-state index in [0.29, 0.717) is 6.54 Å². The van der Waals surface area contributed by atoms with Crippen molar-refractivity contribution in [2.24, 2.45) is 0 Å². The minimum absolute atomic E-state index is 0.691. The van der Waals surface area contributed by atoms with Gasteiger partial charge in [0.25, 0.3) is 0 Å². The van der Waals surface area contributed by atoms with Gasteiger partial charge in [-0.25, -0.2) is 9.97 Å². The largest absolute Gasteiger partial charge is 0.358 e. The number of anilines is 1. The average Bonchev–Trinajstić information content (AvgIpc) is 2.81. The summed E-state index contributed by atoms with van der Waals surface area (Å²) >= 11 is 5.61. The van der Waals surface area contributed by atoms with E-state index in [1.807, 2.05) is 18.3 Å². The topological polar surface area (TPSA) is 57.2 Å². The molecule has 0 atom stereocenters. The van der Waals surface area contributed by atoms with Crippen LogP contribution in [0.15, 0.2) is 67.3 Å². The van der Waals surface area contributed by atoms with E-state index in [2.05, 4.69) is 66.5 Å². The fourth-order valence-corrected chi connectivity index (χ4v) is 4.15. The molecule has 1 saturated heterocycles. The second-order valence-electron chi connectivity index (χ2n) is 7.41. The molecule has 3 heterocycles. The number of pyridine rings is 1. The highest BCUT2D eigenvalue weighted by molar-refractivity contribution is 7.80. The van der Waals surface area contributed by atoms with E-state index >= 15 is 0 Å². The van der Waals surface area contributed by atoms with Crippen LogP contribution in [0.25, 0.3) is 21.7 Å². The molecule has 5 rings (SSSR count). The van der Waals surface area contributed by atoms with Crippen molar-refractivity contribution >= 4 is 44.8 Å². The van der Waals surface area contributed by atoms with Crippen LogP contribution in [-0.4, -0.2) is 51.1 Å². The molecule has 1 fully saturated rings. The average molecular weight is 415 g/mol. The Morgan fingerprint density at radius 1 is 0.967 bits per heavy atom. The van der Waals surface area contributed by atoms with Gasteiger partial charge in [-0.05, 0) is 46.8 Å². The number of hydrogen-bond donors (Lipinski definition) is 1. The molecular formula is C23H22N6S. The monoisotopic (exact) mass is 414 g/mol. The molecule has 150 valence electrons. The molecule has 0 aliphatic carbocycles. The zero-order valence-electron chi connectivity index (χ0n) is 16.5. The summed E-state index contributed by atoms with van der Waals surface area (Å²) in [4.78, 5) is 17.8. The second-order valence-corrected chi connectivity index (χ2v) is 7.79. The lowest BCUT2D eigenvalue weighted by Gasteiger charge is -2.37. The number of hydrogen-bond acceptors (Lipinski definition) is 5. The summed E-state index contributed by atoms with van der Waals surface area (Å²) in [5, 5.41) is 7.64. The lowest BCUT2D eigenvalue weighted by Crippen LogP contribution is -2.51. The van der Waals surface area contributed by atoms with Gasteiger partial charge in [0, 0.05) is 50.5 Å². The Balaban J connectivity index is 1.29. The van der Waals surface area contributed by atoms with E-state index in [1.165, 1.54) is 10.8 Å². The normalized spacial score (nSPS) is 14.3. The van der Waals surface area contributed by atoms with Crippen molar-refractivity contribution < 1.29 is 0 Å². The molecule has 0 unspecified atom stereocenters. The molecule has 1 aliphatic heterocycles. The first kappa shape index (κ1) is 18.7. The number of fused-ring (bicyclic) bond motifs is 2. The van der Waals surface area contributed by atoms with Crippen molar-refractivity contribution in [3.63, 3.8) is 0 Å². The molecular weight excluding hydrogens is 392 g/mol. The third-order valence-corrected chi connectivity index (χ3v) is 5.92. The Kier molecular flexibility index (Phi) is 5.11. The predicted molar refractivity (Wildman–Crippen MR) is 125 cm³/mol. The van der Waals surface area contributed by atoms with E-state index in [1.54, 1.807) is 12.5 Å². The van der Waals surface area contributed by atoms with E-state index < -0.39 is 0 Å². The SMILES string of the molecule is S=C(NCc1cccnc1)N1CCN(c2ncnc3cc4ccccc4cc23)CC1. The molecule has 1 aliphatic rings. The number of benzene rings is 2. The van der Waals surface area contributed by atoms with E-state index in [4.69, 9.17) is 12.2 Å². The summed E-state index contributed by atoms with van der Waals surface area (Å²) in [6.07, 6.45) is 5.30. The fraction of sp³-hybridized carbons (Fsp3) is 0.217. The minimum atomic E-state index is 0.691. The molecule has 0 amide bonds. The number of aromatic nitrogens is 3. The Morgan fingerprint density at radius 3 is 2.53 bits per heavy atom. The molecule has 30 heavy (non-hydrogen) atoms. The van der Waals surface area contributed by atoms with Gasteiger partial charge in [-0.15, -0.1) is 0 Å². The molecule has 6 nitrogen and oxygen atoms in total. The van der Waals surface area contributed by atoms with Crippen LogP contribution >= 0.6 is 12.2 Å². The predicted octanol–water partition coefficient (Wildman–Crippen LogP) is 3.37. The summed E-state index contributed by atoms with van der Waals surface area (Å²) in [5.41, 5.74) is 2.10. The van der Waals surface area contributed by atoms with Gasteiger partial charge in [-0.3, -0.25) is 4.98 Å². The van der Waals surface area contributed by atoms with Crippen molar-refractivity contribution in [3.05, 3.63) is 72.8 Å². The van der Waals surface area contributed by atoms with Crippen LogP contribution in [0.2, 0.25) is 0 Å². The first-order valence-corrected chi connectivity index (χ1v) is 10.5. The Bertz CT molecular complexity index is 1190. The van der Waals surface area contributed by atoms with Crippen LogP contribution < -0.4 is 10.2 Å². The van der Waals surface area contributed by atoms with Crippen molar-refractivity contribution in [2.45, 2.75) is 6.54 Å². The number of nitrogens with one attached hydrogen (secondary N) is 1. The summed E-state index contributed by atoms with van der Waals surface area (Å²) in [6.45, 7) is 4.15. The van der Waals surface area contributed by atoms with Crippen molar-refractivity contribution in [1.29, 1.82) is 0 Å². The maximum atomic E-state index is 5.61. The van der Waals surface area contributed by atoms with Crippen LogP contribution in [0, 0.1) is 0 Å². The van der Waals surface area contributed by atoms with Gasteiger partial charge in [0.15, 0.2) is 5.11 Å². The lowest BCUT2D eigenvalue weighted by atomic mass is 10.1. The van der Waals surface area contributed by atoms with Gasteiger partial charge < -0.3 is 15.1 Å². The fourth-order valence-electron chi connectivity index (χ4n) is 3.89. The van der Waals surface area contributed by atoms with Crippen LogP contribution in [0.3, 0.4) is 0 Å². The molecule has 2 aromatic heterocycles. The first-order valence-electron chi connectivity index (χ1n) is 10.1. The molecule has 2 aromatic carbocycles. The van der Waals surface area contributed by atoms with Crippen LogP contribution in [-0.2, 0) is 6.54 Å². The quantitative estimate of drug-likeness (QED) is 0.407. The van der Waals surface area contributed by atoms with Gasteiger partial charge in [0.2, 0.25) is 0 Å². The zero-order chi connectivity index (χ0) is 20.3. The second kappa shape index (κ2) is 8.20. The van der Waals surface area contributed by atoms with Gasteiger partial charge in [-0.1, -0.05) is 30.3 Å². The summed E-state index contributed by atoms with van der Waals surface area (Å²) in [5.74, 6) is 1.000. The molecule has 0 radical (unpaired) electrons. The minimum Gasteiger partial charge on any atom is -0.358 e. The molecule has 0 bridgehead atoms. The van der Waals surface area contributed by atoms with Gasteiger partial charge in [0.05, 0.1) is 5.52 Å². The van der Waals surface area contributed by atoms with E-state index in [9.17, 15) is 0 Å². The third kappa shape index (κ3) is 3.76. The number of nitrogens with zero attached hydrogens (tertiary/aromatic N) is 5. The Hall–Kier alpha value is -3.32. The molecule has 1 N–H and O–H groups in total. The molecule has 7 heteroatoms. The number of thiocarbonyl (C=S) groups is 1. The summed E-state index contributed by atoms with van der Waals surface area (Å²) in [7, 11) is 0. The van der Waals surface area contributed by atoms with Gasteiger partial charge in [0.1, 0.15) is 12.1 Å². The molecule has 4 aromatic rings.